The summed E-state index contributed by atoms with van der Waals surface area (Å²) in [6.45, 7) is 8.30. The molecule has 0 N–H and O–H groups in total. The summed E-state index contributed by atoms with van der Waals surface area (Å²) in [4.78, 5) is 9.26. The average molecular weight is 297 g/mol. The first-order chi connectivity index (χ1) is 9.97. The van der Waals surface area contributed by atoms with E-state index in [1.807, 2.05) is 18.2 Å². The summed E-state index contributed by atoms with van der Waals surface area (Å²) in [6, 6.07) is 10.3. The topological polar surface area (TPSA) is 25.8 Å². The zero-order valence-electron chi connectivity index (χ0n) is 12.7. The lowest BCUT2D eigenvalue weighted by Gasteiger charge is -2.11. The van der Waals surface area contributed by atoms with Gasteiger partial charge in [0.2, 0.25) is 0 Å². The lowest BCUT2D eigenvalue weighted by molar-refractivity contribution is 1.19. The van der Waals surface area contributed by atoms with Crippen LogP contribution in [0.4, 0.5) is 0 Å². The van der Waals surface area contributed by atoms with Crippen LogP contribution < -0.4 is 0 Å². The van der Waals surface area contributed by atoms with Gasteiger partial charge in [-0.1, -0.05) is 41.4 Å². The highest BCUT2D eigenvalue weighted by molar-refractivity contribution is 6.34. The molecule has 3 heteroatoms. The summed E-state index contributed by atoms with van der Waals surface area (Å²) < 4.78 is 0. The number of hydrogen-bond donors (Lipinski definition) is 0. The first kappa shape index (κ1) is 14.0. The Balaban J connectivity index is 2.33. The third-order valence-corrected chi connectivity index (χ3v) is 4.22. The van der Waals surface area contributed by atoms with E-state index in [1.165, 1.54) is 16.7 Å². The Hall–Kier alpha value is -1.93. The summed E-state index contributed by atoms with van der Waals surface area (Å²) in [5.41, 5.74) is 6.69. The second-order valence-corrected chi connectivity index (χ2v) is 5.92. The molecular formula is C18H17ClN2. The van der Waals surface area contributed by atoms with Crippen LogP contribution >= 0.6 is 11.6 Å². The summed E-state index contributed by atoms with van der Waals surface area (Å²) in [5, 5.41) is 1.44. The predicted octanol–water partition coefficient (Wildman–Crippen LogP) is 5.18. The van der Waals surface area contributed by atoms with Crippen LogP contribution in [0.1, 0.15) is 22.3 Å². The zero-order chi connectivity index (χ0) is 15.1. The van der Waals surface area contributed by atoms with Crippen molar-refractivity contribution in [2.75, 3.05) is 0 Å². The average Bonchev–Trinajstić information content (AvgIpc) is 2.43. The minimum absolute atomic E-state index is 0.516. The number of rotatable bonds is 1. The molecule has 0 bridgehead atoms. The fourth-order valence-corrected chi connectivity index (χ4v) is 2.89. The van der Waals surface area contributed by atoms with E-state index in [4.69, 9.17) is 16.6 Å². The van der Waals surface area contributed by atoms with E-state index in [0.717, 1.165) is 22.0 Å². The first-order valence-electron chi connectivity index (χ1n) is 6.98. The summed E-state index contributed by atoms with van der Waals surface area (Å²) in [7, 11) is 0. The number of nitrogens with zero attached hydrogens (tertiary/aromatic N) is 2. The largest absolute Gasteiger partial charge is 0.228 e. The molecule has 0 radical (unpaired) electrons. The number of fused-ring (bicyclic) bond motifs is 1. The van der Waals surface area contributed by atoms with Gasteiger partial charge in [0.1, 0.15) is 5.15 Å². The summed E-state index contributed by atoms with van der Waals surface area (Å²) in [5.74, 6) is 0.695. The van der Waals surface area contributed by atoms with Crippen LogP contribution in [0.3, 0.4) is 0 Å². The van der Waals surface area contributed by atoms with Gasteiger partial charge in [-0.3, -0.25) is 0 Å². The van der Waals surface area contributed by atoms with Crippen LogP contribution in [0.5, 0.6) is 0 Å². The van der Waals surface area contributed by atoms with Gasteiger partial charge >= 0.3 is 0 Å². The maximum Gasteiger partial charge on any atom is 0.161 e. The molecule has 0 aliphatic rings. The molecule has 0 saturated carbocycles. The Morgan fingerprint density at radius 2 is 1.67 bits per heavy atom. The Labute approximate surface area is 129 Å². The molecule has 21 heavy (non-hydrogen) atoms. The van der Waals surface area contributed by atoms with Gasteiger partial charge in [-0.15, -0.1) is 0 Å². The van der Waals surface area contributed by atoms with E-state index in [2.05, 4.69) is 44.8 Å². The van der Waals surface area contributed by atoms with Crippen molar-refractivity contribution in [2.45, 2.75) is 27.7 Å². The molecule has 0 amide bonds. The van der Waals surface area contributed by atoms with Crippen LogP contribution in [0.15, 0.2) is 30.3 Å². The maximum absolute atomic E-state index is 6.40. The summed E-state index contributed by atoms with van der Waals surface area (Å²) >= 11 is 6.40. The van der Waals surface area contributed by atoms with Gasteiger partial charge < -0.3 is 0 Å². The van der Waals surface area contributed by atoms with Crippen molar-refractivity contribution >= 4 is 22.5 Å². The second kappa shape index (κ2) is 5.12. The SMILES string of the molecule is Cc1cc(C)c2nc(-c3cccc(C)c3C)nc(Cl)c2c1. The lowest BCUT2D eigenvalue weighted by Crippen LogP contribution is -1.97. The molecule has 0 aliphatic carbocycles. The van der Waals surface area contributed by atoms with E-state index < -0.39 is 0 Å². The van der Waals surface area contributed by atoms with Crippen molar-refractivity contribution in [3.63, 3.8) is 0 Å². The minimum Gasteiger partial charge on any atom is -0.228 e. The molecule has 3 aromatic rings. The van der Waals surface area contributed by atoms with E-state index in [0.29, 0.717) is 11.0 Å². The van der Waals surface area contributed by atoms with Crippen LogP contribution in [0, 0.1) is 27.7 Å². The fourth-order valence-electron chi connectivity index (χ4n) is 2.66. The van der Waals surface area contributed by atoms with Gasteiger partial charge in [0, 0.05) is 10.9 Å². The molecule has 1 aromatic heterocycles. The molecule has 2 aromatic carbocycles. The minimum atomic E-state index is 0.516. The Morgan fingerprint density at radius 1 is 0.905 bits per heavy atom. The molecule has 0 unspecified atom stereocenters. The molecular weight excluding hydrogens is 280 g/mol. The number of aromatic nitrogens is 2. The highest BCUT2D eigenvalue weighted by Gasteiger charge is 2.12. The van der Waals surface area contributed by atoms with Crippen molar-refractivity contribution in [3.8, 4) is 11.4 Å². The molecule has 0 fully saturated rings. The van der Waals surface area contributed by atoms with Crippen molar-refractivity contribution in [1.82, 2.24) is 9.97 Å². The molecule has 0 spiro atoms. The van der Waals surface area contributed by atoms with Crippen LogP contribution in [-0.2, 0) is 0 Å². The van der Waals surface area contributed by atoms with Crippen molar-refractivity contribution in [2.24, 2.45) is 0 Å². The molecule has 106 valence electrons. The Bertz CT molecular complexity index is 853. The van der Waals surface area contributed by atoms with Crippen molar-refractivity contribution in [3.05, 3.63) is 57.7 Å². The van der Waals surface area contributed by atoms with Gasteiger partial charge in [0.15, 0.2) is 5.82 Å². The van der Waals surface area contributed by atoms with Gasteiger partial charge in [-0.25, -0.2) is 9.97 Å². The van der Waals surface area contributed by atoms with Crippen LogP contribution in [-0.4, -0.2) is 9.97 Å². The van der Waals surface area contributed by atoms with E-state index in [1.54, 1.807) is 0 Å². The number of aryl methyl sites for hydroxylation is 3. The van der Waals surface area contributed by atoms with Crippen LogP contribution in [0.2, 0.25) is 5.15 Å². The third kappa shape index (κ3) is 2.40. The predicted molar refractivity (Wildman–Crippen MR) is 88.9 cm³/mol. The zero-order valence-corrected chi connectivity index (χ0v) is 13.4. The molecule has 0 saturated heterocycles. The third-order valence-electron chi connectivity index (χ3n) is 3.93. The monoisotopic (exact) mass is 296 g/mol. The van der Waals surface area contributed by atoms with Gasteiger partial charge in [0.05, 0.1) is 5.52 Å². The number of halogens is 1. The quantitative estimate of drug-likeness (QED) is 0.578. The van der Waals surface area contributed by atoms with E-state index in [9.17, 15) is 0 Å². The molecule has 0 atom stereocenters. The molecule has 0 aliphatic heterocycles. The Morgan fingerprint density at radius 3 is 2.43 bits per heavy atom. The van der Waals surface area contributed by atoms with Crippen molar-refractivity contribution < 1.29 is 0 Å². The van der Waals surface area contributed by atoms with E-state index >= 15 is 0 Å². The molecule has 2 nitrogen and oxygen atoms in total. The highest BCUT2D eigenvalue weighted by atomic mass is 35.5. The maximum atomic E-state index is 6.40. The second-order valence-electron chi connectivity index (χ2n) is 5.56. The number of benzene rings is 2. The normalized spacial score (nSPS) is 11.1. The van der Waals surface area contributed by atoms with Gasteiger partial charge in [0.25, 0.3) is 0 Å². The van der Waals surface area contributed by atoms with Crippen molar-refractivity contribution in [1.29, 1.82) is 0 Å². The molecule has 1 heterocycles. The van der Waals surface area contributed by atoms with Crippen LogP contribution in [0.25, 0.3) is 22.3 Å². The fraction of sp³-hybridized carbons (Fsp3) is 0.222. The standard InChI is InChI=1S/C18H17ClN2/c1-10-8-12(3)16-15(9-10)17(19)21-18(20-16)14-7-5-6-11(2)13(14)4/h5-9H,1-4H3. The first-order valence-corrected chi connectivity index (χ1v) is 7.36. The lowest BCUT2D eigenvalue weighted by atomic mass is 10.0. The van der Waals surface area contributed by atoms with Gasteiger partial charge in [-0.2, -0.15) is 0 Å². The number of hydrogen-bond acceptors (Lipinski definition) is 2. The highest BCUT2D eigenvalue weighted by Crippen LogP contribution is 2.29. The smallest absolute Gasteiger partial charge is 0.161 e. The summed E-state index contributed by atoms with van der Waals surface area (Å²) in [6.07, 6.45) is 0. The molecule has 3 rings (SSSR count). The van der Waals surface area contributed by atoms with Gasteiger partial charge in [-0.05, 0) is 50.5 Å². The van der Waals surface area contributed by atoms with E-state index in [-0.39, 0.29) is 0 Å². The Kier molecular flexibility index (Phi) is 3.42.